The van der Waals surface area contributed by atoms with Crippen LogP contribution in [0.3, 0.4) is 0 Å². The number of carbonyl (C=O) groups is 1. The smallest absolute Gasteiger partial charge is 0.265 e. The van der Waals surface area contributed by atoms with Gasteiger partial charge in [-0.1, -0.05) is 24.3 Å². The first-order chi connectivity index (χ1) is 15.0. The number of nitrogens with zero attached hydrogens (tertiary/aromatic N) is 3. The lowest BCUT2D eigenvalue weighted by molar-refractivity contribution is 0.0785. The number of benzene rings is 3. The third kappa shape index (κ3) is 4.05. The number of para-hydroxylation sites is 1. The molecule has 0 aliphatic carbocycles. The Bertz CT molecular complexity index is 1290. The molecule has 0 fully saturated rings. The summed E-state index contributed by atoms with van der Waals surface area (Å²) in [4.78, 5) is 32.0. The van der Waals surface area contributed by atoms with Crippen LogP contribution in [0.2, 0.25) is 0 Å². The van der Waals surface area contributed by atoms with Crippen molar-refractivity contribution in [1.29, 1.82) is 0 Å². The second kappa shape index (κ2) is 8.44. The number of rotatable bonds is 5. The second-order valence-electron chi connectivity index (χ2n) is 7.37. The van der Waals surface area contributed by atoms with Crippen LogP contribution in [0.15, 0.2) is 77.6 Å². The Balaban J connectivity index is 1.57. The Morgan fingerprint density at radius 1 is 1.00 bits per heavy atom. The van der Waals surface area contributed by atoms with E-state index in [1.54, 1.807) is 60.9 Å². The molecule has 0 saturated heterocycles. The largest absolute Gasteiger partial charge is 0.497 e. The van der Waals surface area contributed by atoms with E-state index in [0.717, 1.165) is 11.3 Å². The number of methoxy groups -OCH3 is 1. The van der Waals surface area contributed by atoms with Crippen LogP contribution in [0.25, 0.3) is 16.6 Å². The number of hydrogen-bond acceptors (Lipinski definition) is 4. The monoisotopic (exact) mass is 413 g/mol. The first-order valence-corrected chi connectivity index (χ1v) is 9.95. The quantitative estimate of drug-likeness (QED) is 0.497. The molecule has 1 aromatic heterocycles. The second-order valence-corrected chi connectivity index (χ2v) is 7.37. The summed E-state index contributed by atoms with van der Waals surface area (Å²) in [6, 6.07) is 21.9. The fourth-order valence-corrected chi connectivity index (χ4v) is 3.60. The lowest BCUT2D eigenvalue weighted by Gasteiger charge is -2.18. The van der Waals surface area contributed by atoms with Crippen LogP contribution < -0.4 is 10.3 Å². The molecule has 0 unspecified atom stereocenters. The van der Waals surface area contributed by atoms with Crippen LogP contribution in [0.5, 0.6) is 5.75 Å². The molecule has 4 aromatic rings. The molecule has 0 radical (unpaired) electrons. The first-order valence-electron chi connectivity index (χ1n) is 9.95. The van der Waals surface area contributed by atoms with E-state index in [4.69, 9.17) is 4.74 Å². The molecule has 0 atom stereocenters. The van der Waals surface area contributed by atoms with Gasteiger partial charge in [-0.05, 0) is 61.0 Å². The molecule has 6 nitrogen and oxygen atoms in total. The zero-order chi connectivity index (χ0) is 22.0. The van der Waals surface area contributed by atoms with E-state index in [9.17, 15) is 9.59 Å². The van der Waals surface area contributed by atoms with Crippen LogP contribution in [-0.2, 0) is 6.54 Å². The minimum atomic E-state index is -0.126. The standard InChI is InChI=1S/C25H23N3O3/c1-17-26-23-7-5-4-6-22(23)25(30)28(17)20-12-10-19(11-13-20)24(29)27(2)16-18-8-14-21(31-3)15-9-18/h4-15H,16H2,1-3H3. The number of fused-ring (bicyclic) bond motifs is 1. The summed E-state index contributed by atoms with van der Waals surface area (Å²) in [7, 11) is 3.39. The van der Waals surface area contributed by atoms with Crippen molar-refractivity contribution in [3.8, 4) is 11.4 Å². The highest BCUT2D eigenvalue weighted by Gasteiger charge is 2.14. The fourth-order valence-electron chi connectivity index (χ4n) is 3.60. The maximum Gasteiger partial charge on any atom is 0.265 e. The molecular formula is C25H23N3O3. The van der Waals surface area contributed by atoms with Gasteiger partial charge in [0.15, 0.2) is 0 Å². The highest BCUT2D eigenvalue weighted by molar-refractivity contribution is 5.94. The lowest BCUT2D eigenvalue weighted by atomic mass is 10.1. The summed E-state index contributed by atoms with van der Waals surface area (Å²) in [5.74, 6) is 1.28. The van der Waals surface area contributed by atoms with E-state index < -0.39 is 0 Å². The van der Waals surface area contributed by atoms with Gasteiger partial charge in [0.25, 0.3) is 11.5 Å². The predicted molar refractivity (Wildman–Crippen MR) is 121 cm³/mol. The van der Waals surface area contributed by atoms with Gasteiger partial charge >= 0.3 is 0 Å². The van der Waals surface area contributed by atoms with Crippen molar-refractivity contribution in [3.63, 3.8) is 0 Å². The molecule has 0 bridgehead atoms. The molecule has 0 N–H and O–H groups in total. The van der Waals surface area contributed by atoms with Gasteiger partial charge in [0.1, 0.15) is 11.6 Å². The van der Waals surface area contributed by atoms with Crippen molar-refractivity contribution >= 4 is 16.8 Å². The molecule has 0 aliphatic heterocycles. The van der Waals surface area contributed by atoms with Crippen LogP contribution in [-0.4, -0.2) is 34.5 Å². The summed E-state index contributed by atoms with van der Waals surface area (Å²) in [5, 5.41) is 0.562. The van der Waals surface area contributed by atoms with Crippen molar-refractivity contribution < 1.29 is 9.53 Å². The minimum absolute atomic E-state index is 0.0944. The van der Waals surface area contributed by atoms with Crippen molar-refractivity contribution in [2.75, 3.05) is 14.2 Å². The predicted octanol–water partition coefficient (Wildman–Crippen LogP) is 3.97. The van der Waals surface area contributed by atoms with E-state index in [-0.39, 0.29) is 11.5 Å². The van der Waals surface area contributed by atoms with Crippen LogP contribution in [0, 0.1) is 6.92 Å². The number of hydrogen-bond donors (Lipinski definition) is 0. The van der Waals surface area contributed by atoms with Crippen molar-refractivity contribution in [1.82, 2.24) is 14.5 Å². The van der Waals surface area contributed by atoms with E-state index in [0.29, 0.717) is 34.5 Å². The van der Waals surface area contributed by atoms with Gasteiger partial charge in [-0.3, -0.25) is 14.2 Å². The number of aromatic nitrogens is 2. The number of ether oxygens (including phenoxy) is 1. The molecule has 1 heterocycles. The Labute approximate surface area is 180 Å². The average Bonchev–Trinajstić information content (AvgIpc) is 2.79. The van der Waals surface area contributed by atoms with Crippen LogP contribution >= 0.6 is 0 Å². The third-order valence-electron chi connectivity index (χ3n) is 5.24. The average molecular weight is 413 g/mol. The maximum atomic E-state index is 13.0. The number of aryl methyl sites for hydroxylation is 1. The molecule has 0 spiro atoms. The Morgan fingerprint density at radius 2 is 1.68 bits per heavy atom. The summed E-state index contributed by atoms with van der Waals surface area (Å²) in [6.07, 6.45) is 0. The van der Waals surface area contributed by atoms with Gasteiger partial charge < -0.3 is 9.64 Å². The molecule has 4 rings (SSSR count). The van der Waals surface area contributed by atoms with Crippen LogP contribution in [0.1, 0.15) is 21.7 Å². The van der Waals surface area contributed by atoms with Gasteiger partial charge in [-0.25, -0.2) is 4.98 Å². The first kappa shape index (κ1) is 20.3. The molecule has 31 heavy (non-hydrogen) atoms. The molecule has 0 saturated carbocycles. The molecule has 3 aromatic carbocycles. The summed E-state index contributed by atoms with van der Waals surface area (Å²) < 4.78 is 6.74. The molecule has 6 heteroatoms. The minimum Gasteiger partial charge on any atom is -0.497 e. The van der Waals surface area contributed by atoms with Crippen LogP contribution in [0.4, 0.5) is 0 Å². The van der Waals surface area contributed by atoms with Gasteiger partial charge in [-0.2, -0.15) is 0 Å². The topological polar surface area (TPSA) is 64.4 Å². The van der Waals surface area contributed by atoms with Crippen molar-refractivity contribution in [2.24, 2.45) is 0 Å². The Kier molecular flexibility index (Phi) is 5.54. The Morgan fingerprint density at radius 3 is 2.35 bits per heavy atom. The number of carbonyl (C=O) groups excluding carboxylic acids is 1. The highest BCUT2D eigenvalue weighted by Crippen LogP contribution is 2.16. The SMILES string of the molecule is COc1ccc(CN(C)C(=O)c2ccc(-n3c(C)nc4ccccc4c3=O)cc2)cc1. The lowest BCUT2D eigenvalue weighted by Crippen LogP contribution is -2.26. The molecule has 156 valence electrons. The molecular weight excluding hydrogens is 390 g/mol. The maximum absolute atomic E-state index is 13.0. The summed E-state index contributed by atoms with van der Waals surface area (Å²) >= 11 is 0. The van der Waals surface area contributed by atoms with Gasteiger partial charge in [0.2, 0.25) is 0 Å². The van der Waals surface area contributed by atoms with E-state index in [2.05, 4.69) is 4.98 Å². The number of amides is 1. The van der Waals surface area contributed by atoms with Gasteiger partial charge in [0, 0.05) is 19.2 Å². The fraction of sp³-hybridized carbons (Fsp3) is 0.160. The van der Waals surface area contributed by atoms with E-state index in [1.807, 2.05) is 42.5 Å². The zero-order valence-corrected chi connectivity index (χ0v) is 17.7. The normalized spacial score (nSPS) is 10.8. The van der Waals surface area contributed by atoms with E-state index in [1.165, 1.54) is 0 Å². The van der Waals surface area contributed by atoms with Gasteiger partial charge in [-0.15, -0.1) is 0 Å². The highest BCUT2D eigenvalue weighted by atomic mass is 16.5. The molecule has 0 aliphatic rings. The summed E-state index contributed by atoms with van der Waals surface area (Å²) in [5.41, 5.74) is 2.79. The van der Waals surface area contributed by atoms with Gasteiger partial charge in [0.05, 0.1) is 23.7 Å². The van der Waals surface area contributed by atoms with E-state index >= 15 is 0 Å². The van der Waals surface area contributed by atoms with Crippen molar-refractivity contribution in [3.05, 3.63) is 100 Å². The Hall–Kier alpha value is -3.93. The summed E-state index contributed by atoms with van der Waals surface area (Å²) in [6.45, 7) is 2.28. The third-order valence-corrected chi connectivity index (χ3v) is 5.24. The zero-order valence-electron chi connectivity index (χ0n) is 17.7. The van der Waals surface area contributed by atoms with Crippen molar-refractivity contribution in [2.45, 2.75) is 13.5 Å². The molecule has 1 amide bonds.